The number of carbonyl (C=O) groups excluding carboxylic acids is 2. The number of piperidine rings is 3. The van der Waals surface area contributed by atoms with Crippen LogP contribution in [0, 0.1) is 5.92 Å². The number of hydrogen-bond acceptors (Lipinski definition) is 4. The maximum atomic E-state index is 12.2. The normalized spacial score (nSPS) is 26.3. The summed E-state index contributed by atoms with van der Waals surface area (Å²) in [5.74, 6) is 0.531. The Balaban J connectivity index is 1.58. The number of methoxy groups -OCH3 is 1. The minimum Gasteiger partial charge on any atom is -0.496 e. The lowest BCUT2D eigenvalue weighted by atomic mass is 9.84. The number of urea groups is 1. The maximum Gasteiger partial charge on any atom is 0.321 e. The standard InChI is InChI=1S/C16H21N3O3/c1-22-14-5-3-2-4-12(14)15(20)18-16(21)17-13-10-19-8-6-11(13)7-9-19/h2-5,11,13H,6-10H2,1H3,(H2,17,18,20,21). The molecule has 1 aromatic rings. The second kappa shape index (κ2) is 6.36. The predicted molar refractivity (Wildman–Crippen MR) is 81.9 cm³/mol. The number of nitrogens with zero attached hydrogens (tertiary/aromatic N) is 1. The van der Waals surface area contributed by atoms with E-state index in [4.69, 9.17) is 4.74 Å². The molecule has 0 aliphatic carbocycles. The number of nitrogens with one attached hydrogen (secondary N) is 2. The lowest BCUT2D eigenvalue weighted by Gasteiger charge is -2.44. The summed E-state index contributed by atoms with van der Waals surface area (Å²) in [5.41, 5.74) is 0.356. The fraction of sp³-hybridized carbons (Fsp3) is 0.500. The van der Waals surface area contributed by atoms with Crippen LogP contribution in [-0.2, 0) is 0 Å². The van der Waals surface area contributed by atoms with E-state index in [-0.39, 0.29) is 6.04 Å². The number of para-hydroxylation sites is 1. The highest BCUT2D eigenvalue weighted by molar-refractivity contribution is 6.05. The van der Waals surface area contributed by atoms with E-state index in [0.717, 1.165) is 32.5 Å². The molecular formula is C16H21N3O3. The van der Waals surface area contributed by atoms with Crippen molar-refractivity contribution < 1.29 is 14.3 Å². The molecule has 0 aromatic heterocycles. The zero-order chi connectivity index (χ0) is 15.5. The Morgan fingerprint density at radius 2 is 1.95 bits per heavy atom. The second-order valence-corrected chi connectivity index (χ2v) is 5.87. The van der Waals surface area contributed by atoms with Crippen molar-refractivity contribution in [1.29, 1.82) is 0 Å². The van der Waals surface area contributed by atoms with Gasteiger partial charge < -0.3 is 15.0 Å². The van der Waals surface area contributed by atoms with Gasteiger partial charge in [0.15, 0.2) is 0 Å². The van der Waals surface area contributed by atoms with Crippen molar-refractivity contribution in [3.05, 3.63) is 29.8 Å². The van der Waals surface area contributed by atoms with Gasteiger partial charge in [-0.15, -0.1) is 0 Å². The summed E-state index contributed by atoms with van der Waals surface area (Å²) in [6, 6.07) is 6.55. The zero-order valence-electron chi connectivity index (χ0n) is 12.7. The van der Waals surface area contributed by atoms with Crippen molar-refractivity contribution in [1.82, 2.24) is 15.5 Å². The van der Waals surface area contributed by atoms with Crippen LogP contribution >= 0.6 is 0 Å². The first kappa shape index (κ1) is 14.8. The first-order valence-corrected chi connectivity index (χ1v) is 7.64. The summed E-state index contributed by atoms with van der Waals surface area (Å²) in [7, 11) is 1.50. The number of carbonyl (C=O) groups is 2. The van der Waals surface area contributed by atoms with Crippen LogP contribution < -0.4 is 15.4 Å². The molecule has 1 unspecified atom stereocenters. The average molecular weight is 303 g/mol. The van der Waals surface area contributed by atoms with E-state index in [1.54, 1.807) is 24.3 Å². The highest BCUT2D eigenvalue weighted by atomic mass is 16.5. The van der Waals surface area contributed by atoms with Crippen LogP contribution in [0.25, 0.3) is 0 Å². The van der Waals surface area contributed by atoms with E-state index in [2.05, 4.69) is 15.5 Å². The van der Waals surface area contributed by atoms with Gasteiger partial charge in [-0.1, -0.05) is 12.1 Å². The number of imide groups is 1. The number of hydrogen-bond donors (Lipinski definition) is 2. The molecule has 0 spiro atoms. The molecule has 1 aromatic carbocycles. The molecule has 3 amide bonds. The van der Waals surface area contributed by atoms with Crippen LogP contribution in [0.1, 0.15) is 23.2 Å². The Morgan fingerprint density at radius 3 is 2.59 bits per heavy atom. The minimum absolute atomic E-state index is 0.132. The largest absolute Gasteiger partial charge is 0.496 e. The third-order valence-corrected chi connectivity index (χ3v) is 4.55. The Kier molecular flexibility index (Phi) is 4.29. The fourth-order valence-corrected chi connectivity index (χ4v) is 3.34. The van der Waals surface area contributed by atoms with Gasteiger partial charge in [-0.05, 0) is 44.0 Å². The van der Waals surface area contributed by atoms with Crippen molar-refractivity contribution in [3.8, 4) is 5.75 Å². The van der Waals surface area contributed by atoms with Gasteiger partial charge in [0.1, 0.15) is 5.75 Å². The van der Waals surface area contributed by atoms with Crippen LogP contribution in [0.15, 0.2) is 24.3 Å². The molecule has 6 heteroatoms. The van der Waals surface area contributed by atoms with E-state index in [1.165, 1.54) is 7.11 Å². The molecule has 3 heterocycles. The molecule has 0 radical (unpaired) electrons. The highest BCUT2D eigenvalue weighted by Gasteiger charge is 2.35. The maximum absolute atomic E-state index is 12.2. The number of ether oxygens (including phenoxy) is 1. The van der Waals surface area contributed by atoms with E-state index >= 15 is 0 Å². The number of benzene rings is 1. The number of rotatable bonds is 3. The van der Waals surface area contributed by atoms with Gasteiger partial charge in [-0.3, -0.25) is 10.1 Å². The molecule has 3 aliphatic rings. The highest BCUT2D eigenvalue weighted by Crippen LogP contribution is 2.27. The molecule has 2 N–H and O–H groups in total. The van der Waals surface area contributed by atoms with Crippen molar-refractivity contribution in [3.63, 3.8) is 0 Å². The van der Waals surface area contributed by atoms with Gasteiger partial charge >= 0.3 is 6.03 Å². The predicted octanol–water partition coefficient (Wildman–Crippen LogP) is 1.23. The van der Waals surface area contributed by atoms with E-state index < -0.39 is 11.9 Å². The SMILES string of the molecule is COc1ccccc1C(=O)NC(=O)NC1CN2CCC1CC2. The van der Waals surface area contributed by atoms with Gasteiger partial charge in [0.25, 0.3) is 5.91 Å². The molecule has 4 rings (SSSR count). The number of fused-ring (bicyclic) bond motifs is 3. The first-order chi connectivity index (χ1) is 10.7. The van der Waals surface area contributed by atoms with Crippen molar-refractivity contribution >= 4 is 11.9 Å². The summed E-state index contributed by atoms with van der Waals surface area (Å²) in [5, 5.41) is 5.33. The van der Waals surface area contributed by atoms with Crippen LogP contribution in [0.2, 0.25) is 0 Å². The third kappa shape index (κ3) is 3.06. The quantitative estimate of drug-likeness (QED) is 0.881. The number of amides is 3. The average Bonchev–Trinajstić information content (AvgIpc) is 2.55. The Hall–Kier alpha value is -2.08. The minimum atomic E-state index is -0.448. The van der Waals surface area contributed by atoms with Crippen LogP contribution in [0.4, 0.5) is 4.79 Å². The van der Waals surface area contributed by atoms with Crippen molar-refractivity contribution in [2.75, 3.05) is 26.7 Å². The smallest absolute Gasteiger partial charge is 0.321 e. The molecule has 1 atom stereocenters. The summed E-state index contributed by atoms with van der Waals surface area (Å²) in [4.78, 5) is 26.6. The summed E-state index contributed by atoms with van der Waals surface area (Å²) in [6.07, 6.45) is 2.23. The van der Waals surface area contributed by atoms with E-state index in [0.29, 0.717) is 17.2 Å². The molecule has 3 fully saturated rings. The van der Waals surface area contributed by atoms with Gasteiger partial charge in [-0.25, -0.2) is 4.79 Å². The third-order valence-electron chi connectivity index (χ3n) is 4.55. The van der Waals surface area contributed by atoms with Gasteiger partial charge in [0.2, 0.25) is 0 Å². The Bertz CT molecular complexity index is 568. The zero-order valence-corrected chi connectivity index (χ0v) is 12.7. The summed E-state index contributed by atoms with van der Waals surface area (Å²) >= 11 is 0. The van der Waals surface area contributed by atoms with Gasteiger partial charge in [0.05, 0.1) is 12.7 Å². The topological polar surface area (TPSA) is 70.7 Å². The van der Waals surface area contributed by atoms with Crippen molar-refractivity contribution in [2.24, 2.45) is 5.92 Å². The second-order valence-electron chi connectivity index (χ2n) is 5.87. The lowest BCUT2D eigenvalue weighted by molar-refractivity contribution is 0.0757. The molecular weight excluding hydrogens is 282 g/mol. The Morgan fingerprint density at radius 1 is 1.23 bits per heavy atom. The summed E-state index contributed by atoms with van der Waals surface area (Å²) < 4.78 is 5.14. The molecule has 22 heavy (non-hydrogen) atoms. The molecule has 0 saturated carbocycles. The monoisotopic (exact) mass is 303 g/mol. The van der Waals surface area contributed by atoms with Crippen molar-refractivity contribution in [2.45, 2.75) is 18.9 Å². The molecule has 3 saturated heterocycles. The molecule has 6 nitrogen and oxygen atoms in total. The lowest BCUT2D eigenvalue weighted by Crippen LogP contribution is -2.59. The van der Waals surface area contributed by atoms with Crippen LogP contribution in [0.3, 0.4) is 0 Å². The molecule has 2 bridgehead atoms. The van der Waals surface area contributed by atoms with E-state index in [9.17, 15) is 9.59 Å². The first-order valence-electron chi connectivity index (χ1n) is 7.64. The fourth-order valence-electron chi connectivity index (χ4n) is 3.34. The van der Waals surface area contributed by atoms with E-state index in [1.807, 2.05) is 0 Å². The molecule has 118 valence electrons. The van der Waals surface area contributed by atoms with Crippen LogP contribution in [0.5, 0.6) is 5.75 Å². The Labute approximate surface area is 129 Å². The summed E-state index contributed by atoms with van der Waals surface area (Å²) in [6.45, 7) is 3.11. The molecule has 3 aliphatic heterocycles. The van der Waals surface area contributed by atoms with Gasteiger partial charge in [0, 0.05) is 12.6 Å². The van der Waals surface area contributed by atoms with Gasteiger partial charge in [-0.2, -0.15) is 0 Å². The van der Waals surface area contributed by atoms with Crippen LogP contribution in [-0.4, -0.2) is 49.6 Å².